The van der Waals surface area contributed by atoms with E-state index in [1.807, 2.05) is 20.8 Å². The fourth-order valence-corrected chi connectivity index (χ4v) is 6.35. The number of hydrogen-bond donors (Lipinski definition) is 1. The first-order valence-corrected chi connectivity index (χ1v) is 15.5. The van der Waals surface area contributed by atoms with Gasteiger partial charge in [0.15, 0.2) is 0 Å². The van der Waals surface area contributed by atoms with Crippen molar-refractivity contribution in [3.05, 3.63) is 39.9 Å². The van der Waals surface area contributed by atoms with Crippen LogP contribution in [0.15, 0.2) is 24.3 Å². The summed E-state index contributed by atoms with van der Waals surface area (Å²) in [4.78, 5) is 53.8. The molecule has 1 spiro atoms. The smallest absolute Gasteiger partial charge is 0.410 e. The van der Waals surface area contributed by atoms with Crippen molar-refractivity contribution in [2.24, 2.45) is 5.41 Å². The van der Waals surface area contributed by atoms with E-state index in [0.29, 0.717) is 44.5 Å². The first kappa shape index (κ1) is 32.0. The molecule has 1 aromatic carbocycles. The van der Waals surface area contributed by atoms with E-state index in [-0.39, 0.29) is 29.7 Å². The van der Waals surface area contributed by atoms with Crippen LogP contribution in [0.5, 0.6) is 0 Å². The van der Waals surface area contributed by atoms with Gasteiger partial charge in [-0.05, 0) is 83.9 Å². The molecule has 2 aliphatic carbocycles. The number of rotatable bonds is 9. The zero-order chi connectivity index (χ0) is 31.7. The zero-order valence-electron chi connectivity index (χ0n) is 26.0. The maximum Gasteiger partial charge on any atom is 0.410 e. The molecule has 44 heavy (non-hydrogen) atoms. The zero-order valence-corrected chi connectivity index (χ0v) is 26.0. The molecular weight excluding hydrogens is 572 g/mol. The van der Waals surface area contributed by atoms with E-state index in [9.17, 15) is 24.5 Å². The molecule has 0 aromatic heterocycles. The van der Waals surface area contributed by atoms with Crippen molar-refractivity contribution in [1.29, 1.82) is 0 Å². The topological polar surface area (TPSA) is 150 Å². The van der Waals surface area contributed by atoms with Crippen molar-refractivity contribution in [2.45, 2.75) is 102 Å². The fraction of sp³-hybridized carbons (Fsp3) is 0.710. The first-order chi connectivity index (χ1) is 20.8. The van der Waals surface area contributed by atoms with Crippen LogP contribution in [0.4, 0.5) is 15.3 Å². The van der Waals surface area contributed by atoms with Crippen LogP contribution in [-0.2, 0) is 30.3 Å². The molecule has 5 aliphatic rings. The van der Waals surface area contributed by atoms with Gasteiger partial charge in [-0.2, -0.15) is 0 Å². The third-order valence-electron chi connectivity index (χ3n) is 9.20. The number of hydrogen-bond acceptors (Lipinski definition) is 9. The van der Waals surface area contributed by atoms with Gasteiger partial charge in [-0.15, -0.1) is 0 Å². The Labute approximate surface area is 257 Å². The van der Waals surface area contributed by atoms with Gasteiger partial charge in [0.25, 0.3) is 5.69 Å². The quantitative estimate of drug-likeness (QED) is 0.319. The van der Waals surface area contributed by atoms with Gasteiger partial charge in [-0.1, -0.05) is 0 Å². The van der Waals surface area contributed by atoms with Gasteiger partial charge in [-0.3, -0.25) is 19.8 Å². The lowest BCUT2D eigenvalue weighted by Gasteiger charge is -2.47. The van der Waals surface area contributed by atoms with Crippen LogP contribution in [0.25, 0.3) is 0 Å². The van der Waals surface area contributed by atoms with Crippen molar-refractivity contribution in [3.63, 3.8) is 0 Å². The summed E-state index contributed by atoms with van der Waals surface area (Å²) >= 11 is 0. The predicted molar refractivity (Wildman–Crippen MR) is 158 cm³/mol. The normalized spacial score (nSPS) is 25.2. The monoisotopic (exact) mass is 616 g/mol. The second-order valence-corrected chi connectivity index (χ2v) is 13.8. The highest BCUT2D eigenvalue weighted by Crippen LogP contribution is 2.45. The van der Waals surface area contributed by atoms with Gasteiger partial charge >= 0.3 is 12.2 Å². The Kier molecular flexibility index (Phi) is 9.08. The Morgan fingerprint density at radius 3 is 2.36 bits per heavy atom. The number of nitrogens with zero attached hydrogens (tertiary/aromatic N) is 3. The summed E-state index contributed by atoms with van der Waals surface area (Å²) < 4.78 is 23.3. The Hall–Kier alpha value is -3.45. The number of alkyl carbamates (subject to hydrolysis) is 1. The Morgan fingerprint density at radius 2 is 1.80 bits per heavy atom. The van der Waals surface area contributed by atoms with Crippen molar-refractivity contribution >= 4 is 23.8 Å². The number of fused-ring (bicyclic) bond motifs is 3. The van der Waals surface area contributed by atoms with Gasteiger partial charge in [-0.25, -0.2) is 9.59 Å². The predicted octanol–water partition coefficient (Wildman–Crippen LogP) is 4.17. The largest absolute Gasteiger partial charge is 0.445 e. The van der Waals surface area contributed by atoms with E-state index in [1.165, 1.54) is 24.3 Å². The van der Waals surface area contributed by atoms with E-state index in [1.54, 1.807) is 16.7 Å². The van der Waals surface area contributed by atoms with Crippen LogP contribution in [-0.4, -0.2) is 95.1 Å². The molecule has 3 heterocycles. The number of ether oxygens (including phenoxy) is 4. The molecule has 2 saturated carbocycles. The van der Waals surface area contributed by atoms with Gasteiger partial charge in [0.1, 0.15) is 18.2 Å². The van der Waals surface area contributed by atoms with Crippen LogP contribution in [0.3, 0.4) is 0 Å². The summed E-state index contributed by atoms with van der Waals surface area (Å²) in [5.74, 6) is -0.305. The maximum absolute atomic E-state index is 14.0. The van der Waals surface area contributed by atoms with Crippen LogP contribution in [0.2, 0.25) is 0 Å². The van der Waals surface area contributed by atoms with Gasteiger partial charge in [0.2, 0.25) is 5.91 Å². The van der Waals surface area contributed by atoms with E-state index < -0.39 is 34.3 Å². The molecule has 3 amide bonds. The van der Waals surface area contributed by atoms with Crippen molar-refractivity contribution in [3.8, 4) is 0 Å². The third kappa shape index (κ3) is 7.43. The lowest BCUT2D eigenvalue weighted by Crippen LogP contribution is -2.63. The number of amides is 3. The highest BCUT2D eigenvalue weighted by molar-refractivity contribution is 5.87. The van der Waals surface area contributed by atoms with Gasteiger partial charge < -0.3 is 29.2 Å². The Balaban J connectivity index is 1.24. The molecule has 242 valence electrons. The van der Waals surface area contributed by atoms with Crippen LogP contribution in [0.1, 0.15) is 71.8 Å². The molecule has 1 N–H and O–H groups in total. The number of nitro benzene ring substituents is 1. The minimum absolute atomic E-state index is 0.0636. The third-order valence-corrected chi connectivity index (χ3v) is 9.20. The Morgan fingerprint density at radius 1 is 1.11 bits per heavy atom. The molecule has 5 fully saturated rings. The molecule has 0 radical (unpaired) electrons. The van der Waals surface area contributed by atoms with Crippen LogP contribution in [0, 0.1) is 15.5 Å². The summed E-state index contributed by atoms with van der Waals surface area (Å²) in [5, 5.41) is 13.7. The van der Waals surface area contributed by atoms with E-state index >= 15 is 0 Å². The number of carbonyl (C=O) groups is 3. The van der Waals surface area contributed by atoms with E-state index in [4.69, 9.17) is 18.9 Å². The standard InChI is InChI=1S/C31H44N4O9/c1-21(42-19-30-11-9-24(10-12-30)43-20-30)25(32-27(37)41-17-22-5-7-23(8-6-22)35(39)40)26(36)33-15-16-34(31(18-33)13-14-31)28(38)44-29(2,3)4/h5-8,21,24-25H,9-20H2,1-4H3,(H,32,37)/t21-,24?,25+,30?/m1/s1. The minimum atomic E-state index is -1.03. The molecular formula is C31H44N4O9. The molecule has 2 atom stereocenters. The number of nitrogens with one attached hydrogen (secondary N) is 1. The van der Waals surface area contributed by atoms with Crippen molar-refractivity contribution in [2.75, 3.05) is 32.8 Å². The number of piperazine rings is 1. The highest BCUT2D eigenvalue weighted by Gasteiger charge is 2.55. The molecule has 3 aliphatic heterocycles. The molecule has 13 heteroatoms. The maximum atomic E-state index is 14.0. The number of nitro groups is 1. The van der Waals surface area contributed by atoms with Gasteiger partial charge in [0.05, 0.1) is 35.9 Å². The highest BCUT2D eigenvalue weighted by atomic mass is 16.6. The number of benzene rings is 1. The van der Waals surface area contributed by atoms with E-state index in [2.05, 4.69) is 5.32 Å². The summed E-state index contributed by atoms with van der Waals surface area (Å²) in [6.07, 6.45) is 4.01. The molecule has 3 saturated heterocycles. The summed E-state index contributed by atoms with van der Waals surface area (Å²) in [6, 6.07) is 4.68. The van der Waals surface area contributed by atoms with Gasteiger partial charge in [0, 0.05) is 37.2 Å². The number of carbonyl (C=O) groups excluding carboxylic acids is 3. The lowest BCUT2D eigenvalue weighted by molar-refractivity contribution is -0.384. The van der Waals surface area contributed by atoms with Crippen molar-refractivity contribution < 1.29 is 38.3 Å². The van der Waals surface area contributed by atoms with E-state index in [0.717, 1.165) is 38.5 Å². The average molecular weight is 617 g/mol. The lowest BCUT2D eigenvalue weighted by atomic mass is 9.72. The SMILES string of the molecule is C[C@@H](OCC12CCC(CC1)OC2)[C@H](NC(=O)OCc1ccc([N+](=O)[O-])cc1)C(=O)N1CCN(C(=O)OC(C)(C)C)C2(CC2)C1. The summed E-state index contributed by atoms with van der Waals surface area (Å²) in [5.41, 5.74) is -0.688. The second-order valence-electron chi connectivity index (χ2n) is 13.8. The molecule has 13 nitrogen and oxygen atoms in total. The van der Waals surface area contributed by atoms with Crippen LogP contribution < -0.4 is 5.32 Å². The minimum Gasteiger partial charge on any atom is -0.445 e. The molecule has 2 bridgehead atoms. The Bertz CT molecular complexity index is 1220. The number of non-ortho nitro benzene ring substituents is 1. The molecule has 6 rings (SSSR count). The first-order valence-electron chi connectivity index (χ1n) is 15.5. The van der Waals surface area contributed by atoms with Crippen LogP contribution >= 0.6 is 0 Å². The molecule has 0 unspecified atom stereocenters. The summed E-state index contributed by atoms with van der Waals surface area (Å²) in [7, 11) is 0. The summed E-state index contributed by atoms with van der Waals surface area (Å²) in [6.45, 7) is 9.13. The second kappa shape index (κ2) is 12.5. The fourth-order valence-electron chi connectivity index (χ4n) is 6.35. The van der Waals surface area contributed by atoms with Crippen molar-refractivity contribution in [1.82, 2.24) is 15.1 Å². The molecule has 1 aromatic rings. The average Bonchev–Trinajstić information content (AvgIpc) is 3.76.